The van der Waals surface area contributed by atoms with Crippen molar-refractivity contribution in [3.63, 3.8) is 0 Å². The van der Waals surface area contributed by atoms with Crippen LogP contribution < -0.4 is 4.74 Å². The smallest absolute Gasteiger partial charge is 0.371 e. The summed E-state index contributed by atoms with van der Waals surface area (Å²) in [4.78, 5) is 11.0. The van der Waals surface area contributed by atoms with E-state index in [0.717, 1.165) is 0 Å². The maximum atomic E-state index is 11.0. The molecule has 6 nitrogen and oxygen atoms in total. The molecule has 0 saturated heterocycles. The van der Waals surface area contributed by atoms with Crippen molar-refractivity contribution in [1.29, 1.82) is 0 Å². The molecule has 0 bridgehead atoms. The van der Waals surface area contributed by atoms with Crippen LogP contribution in [0, 0.1) is 0 Å². The zero-order valence-electron chi connectivity index (χ0n) is 10.4. The molecule has 0 saturated carbocycles. The summed E-state index contributed by atoms with van der Waals surface area (Å²) in [6.07, 6.45) is 0.487. The molecule has 2 aliphatic heterocycles. The Labute approximate surface area is 114 Å². The molecular formula is C14H12O6. The standard InChI is InChI=1S/C14H12O6/c1-6-2-12(14(17)18)19-11-5-8-9(16)3-7(15)4-10(8)20-13(6)11/h2-4,11,13,15-16H,1,5H2,(H,17,18)/t11-,13-/m1/s1. The highest BCUT2D eigenvalue weighted by molar-refractivity contribution is 5.85. The molecule has 0 amide bonds. The van der Waals surface area contributed by atoms with E-state index in [1.54, 1.807) is 0 Å². The Kier molecular flexibility index (Phi) is 2.60. The molecule has 0 spiro atoms. The minimum absolute atomic E-state index is 0.108. The van der Waals surface area contributed by atoms with Gasteiger partial charge in [0, 0.05) is 24.1 Å². The van der Waals surface area contributed by atoms with Crippen LogP contribution in [0.3, 0.4) is 0 Å². The fraction of sp³-hybridized carbons (Fsp3) is 0.214. The highest BCUT2D eigenvalue weighted by atomic mass is 16.6. The second kappa shape index (κ2) is 4.19. The van der Waals surface area contributed by atoms with Crippen molar-refractivity contribution in [2.45, 2.75) is 18.6 Å². The van der Waals surface area contributed by atoms with Crippen LogP contribution in [0.4, 0.5) is 0 Å². The van der Waals surface area contributed by atoms with Crippen LogP contribution in [0.5, 0.6) is 17.2 Å². The van der Waals surface area contributed by atoms with Gasteiger partial charge in [0.2, 0.25) is 5.76 Å². The van der Waals surface area contributed by atoms with E-state index in [4.69, 9.17) is 14.6 Å². The first-order valence-electron chi connectivity index (χ1n) is 5.97. The van der Waals surface area contributed by atoms with E-state index < -0.39 is 18.2 Å². The lowest BCUT2D eigenvalue weighted by Gasteiger charge is -2.37. The summed E-state index contributed by atoms with van der Waals surface area (Å²) in [5, 5.41) is 28.3. The summed E-state index contributed by atoms with van der Waals surface area (Å²) in [5.74, 6) is -1.24. The first-order chi connectivity index (χ1) is 9.45. The Morgan fingerprint density at radius 2 is 2.05 bits per heavy atom. The van der Waals surface area contributed by atoms with Gasteiger partial charge in [0.05, 0.1) is 0 Å². The lowest BCUT2D eigenvalue weighted by molar-refractivity contribution is -0.139. The van der Waals surface area contributed by atoms with Crippen LogP contribution in [0.1, 0.15) is 5.56 Å². The second-order valence-corrected chi connectivity index (χ2v) is 4.73. The number of benzene rings is 1. The van der Waals surface area contributed by atoms with E-state index in [0.29, 0.717) is 16.9 Å². The number of carboxylic acid groups (broad SMARTS) is 1. The van der Waals surface area contributed by atoms with Crippen molar-refractivity contribution in [1.82, 2.24) is 0 Å². The van der Waals surface area contributed by atoms with E-state index >= 15 is 0 Å². The van der Waals surface area contributed by atoms with E-state index in [9.17, 15) is 15.0 Å². The average molecular weight is 276 g/mol. The third kappa shape index (κ3) is 1.85. The molecule has 20 heavy (non-hydrogen) atoms. The first kappa shape index (κ1) is 12.4. The Hall–Kier alpha value is -2.63. The van der Waals surface area contributed by atoms with Crippen molar-refractivity contribution in [2.24, 2.45) is 0 Å². The number of hydrogen-bond donors (Lipinski definition) is 3. The van der Waals surface area contributed by atoms with Gasteiger partial charge in [0.1, 0.15) is 23.4 Å². The van der Waals surface area contributed by atoms with Gasteiger partial charge in [-0.3, -0.25) is 0 Å². The van der Waals surface area contributed by atoms with Crippen molar-refractivity contribution >= 4 is 5.97 Å². The first-order valence-corrected chi connectivity index (χ1v) is 5.97. The number of carbonyl (C=O) groups is 1. The predicted octanol–water partition coefficient (Wildman–Crippen LogP) is 1.32. The number of aromatic hydroxyl groups is 2. The molecule has 0 aliphatic carbocycles. The topological polar surface area (TPSA) is 96.2 Å². The highest BCUT2D eigenvalue weighted by Gasteiger charge is 2.39. The molecule has 0 fully saturated rings. The van der Waals surface area contributed by atoms with Gasteiger partial charge in [-0.1, -0.05) is 6.58 Å². The number of fused-ring (bicyclic) bond motifs is 2. The third-order valence-electron chi connectivity index (χ3n) is 3.34. The molecule has 0 aromatic heterocycles. The van der Waals surface area contributed by atoms with E-state index in [-0.39, 0.29) is 23.7 Å². The van der Waals surface area contributed by atoms with Crippen molar-refractivity contribution < 1.29 is 29.6 Å². The van der Waals surface area contributed by atoms with Crippen LogP contribution in [0.2, 0.25) is 0 Å². The van der Waals surface area contributed by atoms with Crippen LogP contribution in [0.15, 0.2) is 36.1 Å². The van der Waals surface area contributed by atoms with Gasteiger partial charge >= 0.3 is 5.97 Å². The lowest BCUT2D eigenvalue weighted by Crippen LogP contribution is -2.43. The summed E-state index contributed by atoms with van der Waals surface area (Å²) in [5.41, 5.74) is 0.954. The molecule has 0 unspecified atom stereocenters. The maximum absolute atomic E-state index is 11.0. The number of carboxylic acids is 1. The van der Waals surface area contributed by atoms with Gasteiger partial charge in [-0.05, 0) is 11.6 Å². The summed E-state index contributed by atoms with van der Waals surface area (Å²) >= 11 is 0. The van der Waals surface area contributed by atoms with Crippen LogP contribution in [-0.4, -0.2) is 33.5 Å². The fourth-order valence-electron chi connectivity index (χ4n) is 2.43. The molecule has 2 heterocycles. The molecule has 6 heteroatoms. The predicted molar refractivity (Wildman–Crippen MR) is 67.6 cm³/mol. The minimum atomic E-state index is -1.18. The Morgan fingerprint density at radius 1 is 1.30 bits per heavy atom. The molecule has 1 aromatic rings. The maximum Gasteiger partial charge on any atom is 0.371 e. The summed E-state index contributed by atoms with van der Waals surface area (Å²) in [7, 11) is 0. The van der Waals surface area contributed by atoms with Crippen LogP contribution in [-0.2, 0) is 16.0 Å². The van der Waals surface area contributed by atoms with Gasteiger partial charge in [0.15, 0.2) is 6.10 Å². The number of hydrogen-bond acceptors (Lipinski definition) is 5. The van der Waals surface area contributed by atoms with Gasteiger partial charge in [-0.15, -0.1) is 0 Å². The zero-order valence-corrected chi connectivity index (χ0v) is 10.4. The number of aliphatic carboxylic acids is 1. The highest BCUT2D eigenvalue weighted by Crippen LogP contribution is 2.41. The van der Waals surface area contributed by atoms with E-state index in [1.807, 2.05) is 0 Å². The minimum Gasteiger partial charge on any atom is -0.508 e. The Morgan fingerprint density at radius 3 is 2.75 bits per heavy atom. The van der Waals surface area contributed by atoms with E-state index in [2.05, 4.69) is 6.58 Å². The molecule has 1 aromatic carbocycles. The molecular weight excluding hydrogens is 264 g/mol. The number of rotatable bonds is 1. The number of phenolic OH excluding ortho intramolecular Hbond substituents is 2. The molecule has 2 atom stereocenters. The summed E-state index contributed by atoms with van der Waals surface area (Å²) in [6.45, 7) is 3.78. The number of ether oxygens (including phenoxy) is 2. The largest absolute Gasteiger partial charge is 0.508 e. The fourth-order valence-corrected chi connectivity index (χ4v) is 2.43. The molecule has 3 rings (SSSR count). The monoisotopic (exact) mass is 276 g/mol. The van der Waals surface area contributed by atoms with Crippen molar-refractivity contribution in [3.05, 3.63) is 41.7 Å². The summed E-state index contributed by atoms with van der Waals surface area (Å²) < 4.78 is 11.0. The molecule has 2 aliphatic rings. The number of phenols is 2. The van der Waals surface area contributed by atoms with Crippen molar-refractivity contribution in [2.75, 3.05) is 0 Å². The normalized spacial score (nSPS) is 23.8. The molecule has 3 N–H and O–H groups in total. The molecule has 0 radical (unpaired) electrons. The third-order valence-corrected chi connectivity index (χ3v) is 3.34. The van der Waals surface area contributed by atoms with Crippen LogP contribution in [0.25, 0.3) is 0 Å². The average Bonchev–Trinajstić information content (AvgIpc) is 2.37. The Balaban J connectivity index is 1.99. The van der Waals surface area contributed by atoms with Gasteiger partial charge in [-0.2, -0.15) is 0 Å². The lowest BCUT2D eigenvalue weighted by atomic mass is 9.92. The SMILES string of the molecule is C=C1C=C(C(=O)O)O[C@@H]2Cc3c(O)cc(O)cc3O[C@H]12. The quantitative estimate of drug-likeness (QED) is 0.716. The van der Waals surface area contributed by atoms with Crippen LogP contribution >= 0.6 is 0 Å². The Bertz CT molecular complexity index is 645. The molecule has 104 valence electrons. The van der Waals surface area contributed by atoms with Gasteiger partial charge < -0.3 is 24.8 Å². The van der Waals surface area contributed by atoms with Gasteiger partial charge in [0.25, 0.3) is 0 Å². The second-order valence-electron chi connectivity index (χ2n) is 4.73. The summed E-state index contributed by atoms with van der Waals surface area (Å²) in [6, 6.07) is 2.60. The zero-order chi connectivity index (χ0) is 14.4. The van der Waals surface area contributed by atoms with Gasteiger partial charge in [-0.25, -0.2) is 4.79 Å². The van der Waals surface area contributed by atoms with Crippen molar-refractivity contribution in [3.8, 4) is 17.2 Å². The van der Waals surface area contributed by atoms with E-state index in [1.165, 1.54) is 18.2 Å².